The van der Waals surface area contributed by atoms with E-state index in [4.69, 9.17) is 4.74 Å². The fourth-order valence-electron chi connectivity index (χ4n) is 3.06. The van der Waals surface area contributed by atoms with Crippen molar-refractivity contribution < 1.29 is 31.1 Å². The van der Waals surface area contributed by atoms with Crippen LogP contribution in [0.25, 0.3) is 0 Å². The minimum Gasteiger partial charge on any atom is -0.497 e. The first-order chi connectivity index (χ1) is 15.6. The summed E-state index contributed by atoms with van der Waals surface area (Å²) >= 11 is 0. The average molecular weight is 478 g/mol. The van der Waals surface area contributed by atoms with E-state index in [1.54, 1.807) is 53.8 Å². The Morgan fingerprint density at radius 1 is 0.909 bits per heavy atom. The van der Waals surface area contributed by atoms with Crippen molar-refractivity contribution >= 4 is 15.9 Å². The quantitative estimate of drug-likeness (QED) is 0.512. The third-order valence-electron chi connectivity index (χ3n) is 4.73. The maximum atomic E-state index is 13.1. The number of amides is 1. The summed E-state index contributed by atoms with van der Waals surface area (Å²) in [6.45, 7) is -1.48. The van der Waals surface area contributed by atoms with Crippen LogP contribution in [0.5, 0.6) is 5.75 Å². The van der Waals surface area contributed by atoms with Gasteiger partial charge in [-0.15, -0.1) is 0 Å². The number of sulfonamides is 1. The van der Waals surface area contributed by atoms with Gasteiger partial charge in [0.1, 0.15) is 12.3 Å². The first-order valence-electron chi connectivity index (χ1n) is 9.75. The van der Waals surface area contributed by atoms with Crippen LogP contribution >= 0.6 is 0 Å². The number of hydrogen-bond acceptors (Lipinski definition) is 4. The van der Waals surface area contributed by atoms with Gasteiger partial charge in [-0.05, 0) is 47.5 Å². The molecule has 0 aliphatic heterocycles. The van der Waals surface area contributed by atoms with Crippen LogP contribution in [-0.4, -0.2) is 34.2 Å². The first kappa shape index (κ1) is 24.3. The second-order valence-electron chi connectivity index (χ2n) is 7.06. The Morgan fingerprint density at radius 3 is 2.03 bits per heavy atom. The molecular formula is C23H21F3N2O4S. The van der Waals surface area contributed by atoms with Crippen LogP contribution in [0.2, 0.25) is 0 Å². The topological polar surface area (TPSA) is 84.5 Å². The van der Waals surface area contributed by atoms with Gasteiger partial charge in [-0.1, -0.05) is 42.5 Å². The number of ether oxygens (including phenoxy) is 1. The van der Waals surface area contributed by atoms with Crippen LogP contribution in [0.15, 0.2) is 83.8 Å². The van der Waals surface area contributed by atoms with E-state index >= 15 is 0 Å². The van der Waals surface area contributed by atoms with Crippen molar-refractivity contribution in [3.8, 4) is 5.75 Å². The Labute approximate surface area is 189 Å². The van der Waals surface area contributed by atoms with Crippen LogP contribution in [0.3, 0.4) is 0 Å². The maximum absolute atomic E-state index is 13.1. The number of nitrogens with one attached hydrogen (secondary N) is 2. The lowest BCUT2D eigenvalue weighted by atomic mass is 10.00. The van der Waals surface area contributed by atoms with Gasteiger partial charge in [0.2, 0.25) is 10.0 Å². The van der Waals surface area contributed by atoms with Gasteiger partial charge in [0.05, 0.1) is 18.0 Å². The molecule has 0 saturated heterocycles. The van der Waals surface area contributed by atoms with Gasteiger partial charge in [0.25, 0.3) is 5.91 Å². The molecule has 174 valence electrons. The molecule has 3 aromatic carbocycles. The van der Waals surface area contributed by atoms with Crippen LogP contribution < -0.4 is 14.8 Å². The van der Waals surface area contributed by atoms with E-state index in [1.807, 2.05) is 6.07 Å². The highest BCUT2D eigenvalue weighted by atomic mass is 32.2. The molecule has 1 atom stereocenters. The molecule has 0 saturated carbocycles. The Hall–Kier alpha value is -3.37. The Balaban J connectivity index is 1.84. The summed E-state index contributed by atoms with van der Waals surface area (Å²) < 4.78 is 70.8. The SMILES string of the molecule is COc1ccc([C@@H](NS(=O)(=O)c2ccc(C(=O)NCC(F)(F)F)cc2)c2ccccc2)cc1. The molecule has 10 heteroatoms. The number of carbonyl (C=O) groups is 1. The second-order valence-corrected chi connectivity index (χ2v) is 8.77. The van der Waals surface area contributed by atoms with Gasteiger partial charge in [-0.2, -0.15) is 17.9 Å². The number of halogens is 3. The number of hydrogen-bond donors (Lipinski definition) is 2. The van der Waals surface area contributed by atoms with Crippen molar-refractivity contribution in [1.82, 2.24) is 10.0 Å². The van der Waals surface area contributed by atoms with Gasteiger partial charge >= 0.3 is 6.18 Å². The normalized spacial score (nSPS) is 12.7. The molecule has 1 amide bonds. The van der Waals surface area contributed by atoms with Gasteiger partial charge in [0.15, 0.2) is 0 Å². The molecule has 0 fully saturated rings. The van der Waals surface area contributed by atoms with E-state index < -0.39 is 34.7 Å². The lowest BCUT2D eigenvalue weighted by Crippen LogP contribution is -2.33. The number of benzene rings is 3. The molecule has 0 bridgehead atoms. The van der Waals surface area contributed by atoms with Gasteiger partial charge in [-0.3, -0.25) is 4.79 Å². The molecule has 0 radical (unpaired) electrons. The number of rotatable bonds is 8. The standard InChI is InChI=1S/C23H21F3N2O4S/c1-32-19-11-7-17(8-12-19)21(16-5-3-2-4-6-16)28-33(30,31)20-13-9-18(10-14-20)22(29)27-15-23(24,25)26/h2-14,21,28H,15H2,1H3,(H,27,29)/t21-/m0/s1. The molecule has 3 aromatic rings. The third kappa shape index (κ3) is 6.56. The molecule has 0 heterocycles. The maximum Gasteiger partial charge on any atom is 0.405 e. The molecule has 3 rings (SSSR count). The van der Waals surface area contributed by atoms with Crippen LogP contribution in [0, 0.1) is 0 Å². The predicted octanol–water partition coefficient (Wildman–Crippen LogP) is 4.06. The minimum absolute atomic E-state index is 0.0898. The average Bonchev–Trinajstić information content (AvgIpc) is 2.81. The minimum atomic E-state index is -4.54. The summed E-state index contributed by atoms with van der Waals surface area (Å²) in [4.78, 5) is 11.7. The predicted molar refractivity (Wildman–Crippen MR) is 116 cm³/mol. The van der Waals surface area contributed by atoms with Crippen molar-refractivity contribution in [2.45, 2.75) is 17.1 Å². The summed E-state index contributed by atoms with van der Waals surface area (Å²) in [7, 11) is -2.52. The molecule has 0 aliphatic rings. The number of carbonyl (C=O) groups excluding carboxylic acids is 1. The van der Waals surface area contributed by atoms with Gasteiger partial charge in [0, 0.05) is 5.56 Å². The summed E-state index contributed by atoms with van der Waals surface area (Å²) in [6.07, 6.45) is -4.54. The van der Waals surface area contributed by atoms with Crippen molar-refractivity contribution in [3.63, 3.8) is 0 Å². The van der Waals surface area contributed by atoms with E-state index in [2.05, 4.69) is 4.72 Å². The van der Waals surface area contributed by atoms with Crippen LogP contribution in [0.4, 0.5) is 13.2 Å². The molecule has 33 heavy (non-hydrogen) atoms. The Bertz CT molecular complexity index is 1180. The summed E-state index contributed by atoms with van der Waals surface area (Å²) in [5.74, 6) is -0.336. The Kier molecular flexibility index (Phi) is 7.39. The van der Waals surface area contributed by atoms with E-state index in [9.17, 15) is 26.4 Å². The molecule has 0 aliphatic carbocycles. The molecule has 0 unspecified atom stereocenters. The highest BCUT2D eigenvalue weighted by Crippen LogP contribution is 2.26. The third-order valence-corrected chi connectivity index (χ3v) is 6.17. The molecule has 6 nitrogen and oxygen atoms in total. The van der Waals surface area contributed by atoms with E-state index in [0.29, 0.717) is 16.9 Å². The van der Waals surface area contributed by atoms with Crippen LogP contribution in [-0.2, 0) is 10.0 Å². The van der Waals surface area contributed by atoms with Crippen molar-refractivity contribution in [2.75, 3.05) is 13.7 Å². The second kappa shape index (κ2) is 10.1. The first-order valence-corrected chi connectivity index (χ1v) is 11.2. The summed E-state index contributed by atoms with van der Waals surface area (Å²) in [5.41, 5.74) is 1.29. The van der Waals surface area contributed by atoms with Crippen molar-refractivity contribution in [2.24, 2.45) is 0 Å². The number of methoxy groups -OCH3 is 1. The van der Waals surface area contributed by atoms with E-state index in [1.165, 1.54) is 19.2 Å². The highest BCUT2D eigenvalue weighted by Gasteiger charge is 2.28. The molecule has 0 spiro atoms. The smallest absolute Gasteiger partial charge is 0.405 e. The molecular weight excluding hydrogens is 457 g/mol. The molecule has 2 N–H and O–H groups in total. The monoisotopic (exact) mass is 478 g/mol. The van der Waals surface area contributed by atoms with E-state index in [-0.39, 0.29) is 10.5 Å². The zero-order chi connectivity index (χ0) is 24.1. The Morgan fingerprint density at radius 2 is 1.48 bits per heavy atom. The fourth-order valence-corrected chi connectivity index (χ4v) is 4.27. The van der Waals surface area contributed by atoms with Gasteiger partial charge in [-0.25, -0.2) is 8.42 Å². The number of alkyl halides is 3. The zero-order valence-corrected chi connectivity index (χ0v) is 18.3. The largest absolute Gasteiger partial charge is 0.497 e. The fraction of sp³-hybridized carbons (Fsp3) is 0.174. The highest BCUT2D eigenvalue weighted by molar-refractivity contribution is 7.89. The van der Waals surface area contributed by atoms with Gasteiger partial charge < -0.3 is 10.1 Å². The lowest BCUT2D eigenvalue weighted by Gasteiger charge is -2.20. The van der Waals surface area contributed by atoms with Crippen molar-refractivity contribution in [1.29, 1.82) is 0 Å². The van der Waals surface area contributed by atoms with Crippen molar-refractivity contribution in [3.05, 3.63) is 95.6 Å². The summed E-state index contributed by atoms with van der Waals surface area (Å²) in [6, 6.07) is 19.8. The van der Waals surface area contributed by atoms with Crippen LogP contribution in [0.1, 0.15) is 27.5 Å². The summed E-state index contributed by atoms with van der Waals surface area (Å²) in [5, 5.41) is 1.74. The lowest BCUT2D eigenvalue weighted by molar-refractivity contribution is -0.123. The zero-order valence-electron chi connectivity index (χ0n) is 17.5. The van der Waals surface area contributed by atoms with E-state index in [0.717, 1.165) is 12.1 Å². The molecule has 0 aromatic heterocycles.